The second-order valence-corrected chi connectivity index (χ2v) is 3.40. The van der Waals surface area contributed by atoms with E-state index in [1.54, 1.807) is 18.7 Å². The molecule has 0 aliphatic rings. The second kappa shape index (κ2) is 3.67. The summed E-state index contributed by atoms with van der Waals surface area (Å²) < 4.78 is 0. The van der Waals surface area contributed by atoms with Crippen molar-refractivity contribution < 1.29 is 0 Å². The van der Waals surface area contributed by atoms with Crippen molar-refractivity contribution in [3.63, 3.8) is 0 Å². The summed E-state index contributed by atoms with van der Waals surface area (Å²) in [5.41, 5.74) is 7.80. The first-order valence-electron chi connectivity index (χ1n) is 3.96. The lowest BCUT2D eigenvalue weighted by Crippen LogP contribution is -1.97. The zero-order valence-corrected chi connectivity index (χ0v) is 8.38. The molecule has 0 amide bonds. The molecule has 72 valence electrons. The number of rotatable bonds is 2. The number of nitrogens with zero attached hydrogens (tertiary/aromatic N) is 3. The first-order chi connectivity index (χ1) is 6.81. The molecule has 0 fully saturated rings. The molecule has 0 aliphatic heterocycles. The molecule has 0 atom stereocenters. The van der Waals surface area contributed by atoms with Crippen LogP contribution >= 0.6 is 11.8 Å². The number of thioether (sulfide) groups is 1. The first-order valence-corrected chi connectivity index (χ1v) is 5.19. The molecule has 0 saturated carbocycles. The quantitative estimate of drug-likeness (QED) is 0.570. The molecule has 6 heteroatoms. The van der Waals surface area contributed by atoms with Crippen molar-refractivity contribution in [3.05, 3.63) is 18.7 Å². The maximum atomic E-state index is 5.75. The molecule has 0 spiro atoms. The summed E-state index contributed by atoms with van der Waals surface area (Å²) in [6, 6.07) is 0. The summed E-state index contributed by atoms with van der Waals surface area (Å²) in [7, 11) is 0. The van der Waals surface area contributed by atoms with Crippen molar-refractivity contribution in [1.82, 2.24) is 19.9 Å². The van der Waals surface area contributed by atoms with Gasteiger partial charge in [0.05, 0.1) is 30.1 Å². The molecule has 14 heavy (non-hydrogen) atoms. The monoisotopic (exact) mass is 207 g/mol. The zero-order valence-electron chi connectivity index (χ0n) is 7.56. The summed E-state index contributed by atoms with van der Waals surface area (Å²) in [5, 5.41) is 0.698. The Hall–Kier alpha value is -1.56. The van der Waals surface area contributed by atoms with E-state index in [2.05, 4.69) is 19.9 Å². The van der Waals surface area contributed by atoms with Gasteiger partial charge < -0.3 is 10.7 Å². The number of aromatic nitrogens is 4. The van der Waals surface area contributed by atoms with Gasteiger partial charge in [-0.3, -0.25) is 0 Å². The highest BCUT2D eigenvalue weighted by molar-refractivity contribution is 7.98. The number of nitrogen functional groups attached to an aromatic ring is 1. The second-order valence-electron chi connectivity index (χ2n) is 2.63. The standard InChI is InChI=1S/C8H9N5S/c1-14-8-11-2-5(9)7(13-8)6-3-10-4-12-6/h2-4H,9H2,1H3,(H,10,12). The molecule has 3 N–H and O–H groups in total. The SMILES string of the molecule is CSc1ncc(N)c(-c2cnc[nH]2)n1. The third-order valence-corrected chi connectivity index (χ3v) is 2.29. The lowest BCUT2D eigenvalue weighted by Gasteiger charge is -2.02. The highest BCUT2D eigenvalue weighted by atomic mass is 32.2. The number of anilines is 1. The van der Waals surface area contributed by atoms with Gasteiger partial charge in [-0.1, -0.05) is 11.8 Å². The fourth-order valence-electron chi connectivity index (χ4n) is 1.07. The lowest BCUT2D eigenvalue weighted by atomic mass is 10.3. The summed E-state index contributed by atoms with van der Waals surface area (Å²) >= 11 is 1.48. The van der Waals surface area contributed by atoms with Crippen LogP contribution < -0.4 is 5.73 Å². The van der Waals surface area contributed by atoms with Crippen LogP contribution in [0.3, 0.4) is 0 Å². The van der Waals surface area contributed by atoms with Crippen molar-refractivity contribution in [2.24, 2.45) is 0 Å². The third kappa shape index (κ3) is 1.56. The van der Waals surface area contributed by atoms with Gasteiger partial charge in [0.25, 0.3) is 0 Å². The average Bonchev–Trinajstić information content (AvgIpc) is 2.71. The molecule has 0 unspecified atom stereocenters. The summed E-state index contributed by atoms with van der Waals surface area (Å²) in [6.45, 7) is 0. The van der Waals surface area contributed by atoms with Crippen molar-refractivity contribution in [2.45, 2.75) is 5.16 Å². The first kappa shape index (κ1) is 9.01. The maximum Gasteiger partial charge on any atom is 0.187 e. The fourth-order valence-corrected chi connectivity index (χ4v) is 1.42. The number of nitrogens with one attached hydrogen (secondary N) is 1. The molecule has 0 bridgehead atoms. The van der Waals surface area contributed by atoms with E-state index in [9.17, 15) is 0 Å². The molecule has 0 aliphatic carbocycles. The Balaban J connectivity index is 2.51. The van der Waals surface area contributed by atoms with Crippen molar-refractivity contribution in [2.75, 3.05) is 12.0 Å². The number of H-pyrrole nitrogens is 1. The Bertz CT molecular complexity index is 425. The van der Waals surface area contributed by atoms with E-state index >= 15 is 0 Å². The van der Waals surface area contributed by atoms with E-state index in [-0.39, 0.29) is 0 Å². The number of hydrogen-bond acceptors (Lipinski definition) is 5. The Morgan fingerprint density at radius 2 is 2.29 bits per heavy atom. The molecule has 5 nitrogen and oxygen atoms in total. The van der Waals surface area contributed by atoms with E-state index in [4.69, 9.17) is 5.73 Å². The number of nitrogens with two attached hydrogens (primary N) is 1. The molecule has 0 saturated heterocycles. The zero-order chi connectivity index (χ0) is 9.97. The molecule has 2 aromatic heterocycles. The summed E-state index contributed by atoms with van der Waals surface area (Å²) in [4.78, 5) is 15.2. The molecular weight excluding hydrogens is 198 g/mol. The molecule has 0 radical (unpaired) electrons. The minimum absolute atomic E-state index is 0.548. The van der Waals surface area contributed by atoms with Gasteiger partial charge in [0, 0.05) is 0 Å². The van der Waals surface area contributed by atoms with Gasteiger partial charge in [-0.2, -0.15) is 0 Å². The van der Waals surface area contributed by atoms with E-state index in [0.717, 1.165) is 5.69 Å². The minimum Gasteiger partial charge on any atom is -0.396 e. The van der Waals surface area contributed by atoms with Crippen LogP contribution in [0.25, 0.3) is 11.4 Å². The Morgan fingerprint density at radius 1 is 1.43 bits per heavy atom. The third-order valence-electron chi connectivity index (χ3n) is 1.73. The molecule has 2 heterocycles. The van der Waals surface area contributed by atoms with E-state index in [0.29, 0.717) is 16.5 Å². The fraction of sp³-hybridized carbons (Fsp3) is 0.125. The molecule has 2 aromatic rings. The predicted molar refractivity (Wildman–Crippen MR) is 55.8 cm³/mol. The van der Waals surface area contributed by atoms with E-state index in [1.807, 2.05) is 6.26 Å². The van der Waals surface area contributed by atoms with Crippen LogP contribution in [-0.2, 0) is 0 Å². The topological polar surface area (TPSA) is 80.5 Å². The van der Waals surface area contributed by atoms with Crippen LogP contribution in [0.15, 0.2) is 23.9 Å². The smallest absolute Gasteiger partial charge is 0.187 e. The van der Waals surface area contributed by atoms with Gasteiger partial charge in [-0.15, -0.1) is 0 Å². The summed E-state index contributed by atoms with van der Waals surface area (Å²) in [6.07, 6.45) is 6.80. The van der Waals surface area contributed by atoms with Crippen LogP contribution in [0.2, 0.25) is 0 Å². The number of hydrogen-bond donors (Lipinski definition) is 2. The van der Waals surface area contributed by atoms with E-state index in [1.165, 1.54) is 11.8 Å². The van der Waals surface area contributed by atoms with Crippen LogP contribution in [-0.4, -0.2) is 26.2 Å². The Labute approximate surface area is 85.2 Å². The average molecular weight is 207 g/mol. The summed E-state index contributed by atoms with van der Waals surface area (Å²) in [5.74, 6) is 0. The van der Waals surface area contributed by atoms with Gasteiger partial charge in [0.2, 0.25) is 0 Å². The predicted octanol–water partition coefficient (Wildman–Crippen LogP) is 1.17. The van der Waals surface area contributed by atoms with Crippen LogP contribution in [0.1, 0.15) is 0 Å². The van der Waals surface area contributed by atoms with Gasteiger partial charge in [-0.25, -0.2) is 15.0 Å². The normalized spacial score (nSPS) is 10.4. The van der Waals surface area contributed by atoms with Gasteiger partial charge in [-0.05, 0) is 6.26 Å². The van der Waals surface area contributed by atoms with Crippen molar-refractivity contribution >= 4 is 17.4 Å². The maximum absolute atomic E-state index is 5.75. The highest BCUT2D eigenvalue weighted by Gasteiger charge is 2.07. The molecule has 0 aromatic carbocycles. The highest BCUT2D eigenvalue weighted by Crippen LogP contribution is 2.22. The Morgan fingerprint density at radius 3 is 2.93 bits per heavy atom. The number of imidazole rings is 1. The molecule has 2 rings (SSSR count). The molecular formula is C8H9N5S. The van der Waals surface area contributed by atoms with Crippen molar-refractivity contribution in [1.29, 1.82) is 0 Å². The Kier molecular flexibility index (Phi) is 2.36. The van der Waals surface area contributed by atoms with Crippen LogP contribution in [0.4, 0.5) is 5.69 Å². The van der Waals surface area contributed by atoms with E-state index < -0.39 is 0 Å². The van der Waals surface area contributed by atoms with Gasteiger partial charge in [0.15, 0.2) is 5.16 Å². The van der Waals surface area contributed by atoms with Gasteiger partial charge >= 0.3 is 0 Å². The lowest BCUT2D eigenvalue weighted by molar-refractivity contribution is 0.976. The minimum atomic E-state index is 0.548. The van der Waals surface area contributed by atoms with Crippen molar-refractivity contribution in [3.8, 4) is 11.4 Å². The van der Waals surface area contributed by atoms with Gasteiger partial charge in [0.1, 0.15) is 5.69 Å². The van der Waals surface area contributed by atoms with Crippen LogP contribution in [0, 0.1) is 0 Å². The van der Waals surface area contributed by atoms with Crippen LogP contribution in [0.5, 0.6) is 0 Å². The largest absolute Gasteiger partial charge is 0.396 e. The number of aromatic amines is 1.